The normalized spacial score (nSPS) is 59.6. The summed E-state index contributed by atoms with van der Waals surface area (Å²) >= 11 is 0. The topological polar surface area (TPSA) is 219 Å². The quantitative estimate of drug-likeness (QED) is 0.194. The molecule has 0 aromatic carbocycles. The third-order valence-electron chi connectivity index (χ3n) is 11.6. The Balaban J connectivity index is 1.64. The van der Waals surface area contributed by atoms with Crippen molar-refractivity contribution < 1.29 is 55.9 Å². The average Bonchev–Trinajstić information content (AvgIpc) is 2.82. The molecule has 16 atom stereocenters. The predicted molar refractivity (Wildman–Crippen MR) is 135 cm³/mol. The van der Waals surface area contributed by atoms with E-state index in [1.807, 2.05) is 0 Å². The van der Waals surface area contributed by atoms with Gasteiger partial charge in [-0.15, -0.1) is 0 Å². The lowest BCUT2D eigenvalue weighted by Gasteiger charge is -2.70. The van der Waals surface area contributed by atoms with E-state index in [2.05, 4.69) is 13.8 Å². The van der Waals surface area contributed by atoms with Crippen LogP contribution in [0.2, 0.25) is 0 Å². The van der Waals surface area contributed by atoms with E-state index >= 15 is 0 Å². The molecule has 5 aliphatic carbocycles. The van der Waals surface area contributed by atoms with Gasteiger partial charge in [-0.05, 0) is 68.1 Å². The van der Waals surface area contributed by atoms with Crippen molar-refractivity contribution in [3.05, 3.63) is 0 Å². The fourth-order valence-corrected chi connectivity index (χ4v) is 10.2. The summed E-state index contributed by atoms with van der Waals surface area (Å²) in [6.07, 6.45) is -7.66. The molecular weight excluding hydrogens is 512 g/mol. The monoisotopic (exact) mass is 558 g/mol. The molecule has 5 saturated carbocycles. The average molecular weight is 559 g/mol. The molecule has 0 saturated heterocycles. The molecule has 0 radical (unpaired) electrons. The van der Waals surface area contributed by atoms with Crippen molar-refractivity contribution >= 4 is 5.97 Å². The molecule has 0 spiro atoms. The Morgan fingerprint density at radius 2 is 1.46 bits per heavy atom. The fourth-order valence-electron chi connectivity index (χ4n) is 10.2. The van der Waals surface area contributed by atoms with Gasteiger partial charge in [-0.25, -0.2) is 0 Å². The van der Waals surface area contributed by atoms with Crippen molar-refractivity contribution in [2.45, 2.75) is 119 Å². The van der Waals surface area contributed by atoms with Crippen LogP contribution in [0.1, 0.15) is 65.2 Å². The number of hydrogen-bond acceptors (Lipinski definition) is 10. The van der Waals surface area contributed by atoms with E-state index in [0.717, 1.165) is 19.3 Å². The maximum absolute atomic E-state index is 12.5. The second kappa shape index (κ2) is 9.84. The smallest absolute Gasteiger partial charge is 0.311 e. The van der Waals surface area contributed by atoms with Gasteiger partial charge in [0.1, 0.15) is 34.9 Å². The summed E-state index contributed by atoms with van der Waals surface area (Å²) in [5, 5.41) is 113. The highest BCUT2D eigenvalue weighted by Gasteiger charge is 2.81. The van der Waals surface area contributed by atoms with Gasteiger partial charge < -0.3 is 51.1 Å². The van der Waals surface area contributed by atoms with Crippen LogP contribution in [0.4, 0.5) is 0 Å². The second-order valence-electron chi connectivity index (χ2n) is 13.9. The van der Waals surface area contributed by atoms with Gasteiger partial charge >= 0.3 is 5.97 Å². The third kappa shape index (κ3) is 3.99. The molecule has 0 amide bonds. The van der Waals surface area contributed by atoms with E-state index < -0.39 is 95.4 Å². The Morgan fingerprint density at radius 3 is 2.05 bits per heavy atom. The van der Waals surface area contributed by atoms with Crippen molar-refractivity contribution in [1.82, 2.24) is 0 Å². The zero-order valence-electron chi connectivity index (χ0n) is 22.6. The third-order valence-corrected chi connectivity index (χ3v) is 11.6. The molecule has 224 valence electrons. The van der Waals surface area contributed by atoms with Gasteiger partial charge in [0.05, 0.1) is 24.4 Å². The Kier molecular flexibility index (Phi) is 7.47. The maximum Gasteiger partial charge on any atom is 0.311 e. The van der Waals surface area contributed by atoms with E-state index in [9.17, 15) is 55.9 Å². The Morgan fingerprint density at radius 1 is 0.846 bits per heavy atom. The van der Waals surface area contributed by atoms with Crippen molar-refractivity contribution in [2.24, 2.45) is 47.3 Å². The number of aliphatic hydroxyl groups excluding tert-OH is 6. The van der Waals surface area contributed by atoms with Crippen LogP contribution in [-0.4, -0.2) is 110 Å². The minimum atomic E-state index is -3.10. The van der Waals surface area contributed by atoms with Crippen LogP contribution in [0.25, 0.3) is 0 Å². The number of rotatable bonds is 3. The summed E-state index contributed by atoms with van der Waals surface area (Å²) in [7, 11) is 0. The van der Waals surface area contributed by atoms with Gasteiger partial charge in [0, 0.05) is 18.3 Å². The number of hydrogen-bond donors (Lipinski definition) is 10. The lowest BCUT2D eigenvalue weighted by Crippen LogP contribution is -2.89. The minimum Gasteiger partial charge on any atom is -0.481 e. The van der Waals surface area contributed by atoms with Crippen LogP contribution in [0.15, 0.2) is 0 Å². The summed E-state index contributed by atoms with van der Waals surface area (Å²) in [5.74, 6) is -6.46. The van der Waals surface area contributed by atoms with Crippen LogP contribution < -0.4 is 0 Å². The molecule has 0 aromatic rings. The maximum atomic E-state index is 12.5. The summed E-state index contributed by atoms with van der Waals surface area (Å²) in [4.78, 5) is 11.9. The molecule has 11 heteroatoms. The second-order valence-corrected chi connectivity index (χ2v) is 13.9. The Hall–Kier alpha value is -0.890. The van der Waals surface area contributed by atoms with Gasteiger partial charge in [-0.2, -0.15) is 0 Å². The van der Waals surface area contributed by atoms with Crippen LogP contribution in [-0.2, 0) is 4.79 Å². The van der Waals surface area contributed by atoms with Gasteiger partial charge in [0.25, 0.3) is 0 Å². The standard InChI is InChI=1S/C28H46O11/c1-11-6-12(2)8-13(7-11)9-15-14-4-3-5-16(29)18(14)21(31)20-23(33)28(39)22(32)19(24(34)35)17(30)10-26(28,37)25(36)27(15,20)38/h11-23,25,29-33,36-39H,3-10H2,1-2H3,(H,34,35). The zero-order valence-corrected chi connectivity index (χ0v) is 22.6. The molecule has 0 aliphatic heterocycles. The number of carboxylic acids is 1. The van der Waals surface area contributed by atoms with E-state index in [4.69, 9.17) is 0 Å². The number of aliphatic hydroxyl groups is 9. The summed E-state index contributed by atoms with van der Waals surface area (Å²) in [5.41, 5.74) is -8.36. The summed E-state index contributed by atoms with van der Waals surface area (Å²) < 4.78 is 0. The molecule has 0 heterocycles. The molecule has 10 N–H and O–H groups in total. The number of carboxylic acid groups (broad SMARTS) is 1. The Labute approximate surface area is 228 Å². The molecule has 5 rings (SSSR count). The molecule has 16 unspecified atom stereocenters. The number of aliphatic carboxylic acids is 1. The van der Waals surface area contributed by atoms with E-state index in [1.54, 1.807) is 0 Å². The van der Waals surface area contributed by atoms with Crippen molar-refractivity contribution in [1.29, 1.82) is 0 Å². The van der Waals surface area contributed by atoms with Gasteiger partial charge in [-0.1, -0.05) is 20.3 Å². The first-order valence-electron chi connectivity index (χ1n) is 14.6. The van der Waals surface area contributed by atoms with E-state index in [-0.39, 0.29) is 5.92 Å². The molecular formula is C28H46O11. The lowest BCUT2D eigenvalue weighted by atomic mass is 9.41. The predicted octanol–water partition coefficient (Wildman–Crippen LogP) is -1.41. The molecule has 5 fully saturated rings. The van der Waals surface area contributed by atoms with Crippen molar-refractivity contribution in [3.8, 4) is 0 Å². The van der Waals surface area contributed by atoms with Gasteiger partial charge in [0.15, 0.2) is 0 Å². The van der Waals surface area contributed by atoms with E-state index in [0.29, 0.717) is 37.5 Å². The molecule has 11 nitrogen and oxygen atoms in total. The number of fused-ring (bicyclic) bond motifs is 3. The molecule has 0 bridgehead atoms. The first kappa shape index (κ1) is 29.6. The summed E-state index contributed by atoms with van der Waals surface area (Å²) in [6.45, 7) is 4.31. The van der Waals surface area contributed by atoms with Crippen LogP contribution in [0, 0.1) is 47.3 Å². The first-order chi connectivity index (χ1) is 18.1. The van der Waals surface area contributed by atoms with Crippen LogP contribution in [0.5, 0.6) is 0 Å². The number of carbonyl (C=O) groups is 1. The highest BCUT2D eigenvalue weighted by Crippen LogP contribution is 2.63. The van der Waals surface area contributed by atoms with Gasteiger partial charge in [0.2, 0.25) is 0 Å². The highest BCUT2D eigenvalue weighted by atomic mass is 16.4. The molecule has 39 heavy (non-hydrogen) atoms. The van der Waals surface area contributed by atoms with Crippen LogP contribution in [0.3, 0.4) is 0 Å². The fraction of sp³-hybridized carbons (Fsp3) is 0.964. The minimum absolute atomic E-state index is 0.132. The molecule has 0 aromatic heterocycles. The van der Waals surface area contributed by atoms with E-state index in [1.165, 1.54) is 0 Å². The zero-order chi connectivity index (χ0) is 28.8. The SMILES string of the molecule is CC1CC(C)CC(CC2C3CCCC(O)C3C(O)C3C(O)C4(O)C(O)C(C(=O)O)C(O)CC4(O)C(O)C23O)C1. The van der Waals surface area contributed by atoms with Gasteiger partial charge in [-0.3, -0.25) is 4.79 Å². The summed E-state index contributed by atoms with van der Waals surface area (Å²) in [6, 6.07) is 0. The van der Waals surface area contributed by atoms with Crippen molar-refractivity contribution in [2.75, 3.05) is 0 Å². The van der Waals surface area contributed by atoms with Crippen molar-refractivity contribution in [3.63, 3.8) is 0 Å². The van der Waals surface area contributed by atoms with Crippen LogP contribution >= 0.6 is 0 Å². The lowest BCUT2D eigenvalue weighted by molar-refractivity contribution is -0.403. The largest absolute Gasteiger partial charge is 0.481 e. The Bertz CT molecular complexity index is 938. The first-order valence-corrected chi connectivity index (χ1v) is 14.6. The molecule has 5 aliphatic rings. The highest BCUT2D eigenvalue weighted by molar-refractivity contribution is 5.72.